The van der Waals surface area contributed by atoms with Crippen LogP contribution in [0, 0.1) is 0 Å². The van der Waals surface area contributed by atoms with Gasteiger partial charge in [-0.1, -0.05) is 17.7 Å². The van der Waals surface area contributed by atoms with Gasteiger partial charge < -0.3 is 15.4 Å². The van der Waals surface area contributed by atoms with E-state index in [2.05, 4.69) is 26.4 Å². The van der Waals surface area contributed by atoms with E-state index >= 15 is 0 Å². The molecule has 5 N–H and O–H groups in total. The Hall–Kier alpha value is -3.56. The van der Waals surface area contributed by atoms with E-state index in [0.29, 0.717) is 39.2 Å². The Kier molecular flexibility index (Phi) is 5.89. The minimum atomic E-state index is 0.00317. The Balaban J connectivity index is 1.32. The van der Waals surface area contributed by atoms with Gasteiger partial charge in [0, 0.05) is 47.2 Å². The number of nitrogens with two attached hydrogens (primary N) is 1. The molecular weight excluding hydrogens is 442 g/mol. The lowest BCUT2D eigenvalue weighted by Gasteiger charge is -2.25. The van der Waals surface area contributed by atoms with Crippen molar-refractivity contribution in [1.29, 1.82) is 0 Å². The van der Waals surface area contributed by atoms with Crippen molar-refractivity contribution in [3.63, 3.8) is 0 Å². The van der Waals surface area contributed by atoms with Crippen molar-refractivity contribution in [1.82, 2.24) is 20.4 Å². The van der Waals surface area contributed by atoms with Crippen LogP contribution in [-0.2, 0) is 13.0 Å². The number of halogens is 1. The number of rotatable bonds is 6. The maximum absolute atomic E-state index is 13.4. The van der Waals surface area contributed by atoms with Crippen molar-refractivity contribution >= 4 is 34.8 Å². The van der Waals surface area contributed by atoms with Crippen molar-refractivity contribution < 1.29 is 9.53 Å². The van der Waals surface area contributed by atoms with Gasteiger partial charge in [0.2, 0.25) is 0 Å². The molecule has 1 fully saturated rings. The molecule has 9 nitrogen and oxygen atoms in total. The largest absolute Gasteiger partial charge is 0.486 e. The monoisotopic (exact) mass is 465 g/mol. The van der Waals surface area contributed by atoms with Crippen LogP contribution < -0.4 is 26.9 Å². The molecule has 10 heteroatoms. The number of benzene rings is 1. The molecule has 33 heavy (non-hydrogen) atoms. The summed E-state index contributed by atoms with van der Waals surface area (Å²) in [7, 11) is 0. The maximum atomic E-state index is 13.4. The van der Waals surface area contributed by atoms with E-state index < -0.39 is 0 Å². The molecule has 4 heterocycles. The average molecular weight is 466 g/mol. The van der Waals surface area contributed by atoms with Crippen LogP contribution in [-0.4, -0.2) is 33.4 Å². The Bertz CT molecular complexity index is 1170. The highest BCUT2D eigenvalue weighted by molar-refractivity contribution is 6.31. The molecular formula is C23H24ClN7O2. The fraction of sp³-hybridized carbons (Fsp3) is 0.261. The first-order chi connectivity index (χ1) is 16.1. The van der Waals surface area contributed by atoms with Gasteiger partial charge in [-0.25, -0.2) is 4.98 Å². The van der Waals surface area contributed by atoms with Crippen LogP contribution in [0.3, 0.4) is 0 Å². The molecule has 0 radical (unpaired) electrons. The number of anilines is 3. The zero-order chi connectivity index (χ0) is 22.8. The van der Waals surface area contributed by atoms with E-state index in [1.165, 1.54) is 0 Å². The minimum Gasteiger partial charge on any atom is -0.486 e. The van der Waals surface area contributed by atoms with Crippen LogP contribution in [0.4, 0.5) is 17.3 Å². The number of fused-ring (bicyclic) bond motifs is 1. The molecule has 5 rings (SSSR count). The van der Waals surface area contributed by atoms with Crippen molar-refractivity contribution in [2.24, 2.45) is 0 Å². The number of hydrogen-bond donors (Lipinski definition) is 4. The molecule has 3 aromatic rings. The average Bonchev–Trinajstić information content (AvgIpc) is 3.48. The third-order valence-corrected chi connectivity index (χ3v) is 6.25. The number of nitrogens with zero attached hydrogens (tertiary/aromatic N) is 3. The lowest BCUT2D eigenvalue weighted by Crippen LogP contribution is -2.36. The first kappa shape index (κ1) is 21.3. The molecule has 0 saturated carbocycles. The molecule has 0 spiro atoms. The number of ether oxygens (including phenoxy) is 1. The van der Waals surface area contributed by atoms with Gasteiger partial charge in [-0.3, -0.25) is 20.6 Å². The molecule has 1 unspecified atom stereocenters. The topological polar surface area (TPSA) is 117 Å². The number of amides is 1. The number of carbonyl (C=O) groups excluding carboxylic acids is 1. The summed E-state index contributed by atoms with van der Waals surface area (Å²) in [6.45, 7) is 0.920. The van der Waals surface area contributed by atoms with Crippen LogP contribution in [0.25, 0.3) is 0 Å². The van der Waals surface area contributed by atoms with Gasteiger partial charge >= 0.3 is 0 Å². The zero-order valence-electron chi connectivity index (χ0n) is 17.8. The minimum absolute atomic E-state index is 0.00317. The highest BCUT2D eigenvalue weighted by atomic mass is 35.5. The van der Waals surface area contributed by atoms with E-state index in [-0.39, 0.29) is 18.6 Å². The van der Waals surface area contributed by atoms with E-state index in [1.807, 2.05) is 23.2 Å². The van der Waals surface area contributed by atoms with Crippen LogP contribution in [0.2, 0.25) is 5.02 Å². The number of likely N-dealkylation sites (tertiary alicyclic amines) is 1. The summed E-state index contributed by atoms with van der Waals surface area (Å²) >= 11 is 6.42. The second-order valence-corrected chi connectivity index (χ2v) is 8.51. The molecule has 2 aliphatic rings. The summed E-state index contributed by atoms with van der Waals surface area (Å²) in [6.07, 6.45) is 6.39. The summed E-state index contributed by atoms with van der Waals surface area (Å²) < 4.78 is 5.98. The molecule has 0 aliphatic carbocycles. The number of aromatic nitrogens is 2. The predicted molar refractivity (Wildman–Crippen MR) is 127 cm³/mol. The van der Waals surface area contributed by atoms with E-state index in [9.17, 15) is 4.79 Å². The smallest absolute Gasteiger partial charge is 0.254 e. The maximum Gasteiger partial charge on any atom is 0.254 e. The first-order valence-electron chi connectivity index (χ1n) is 10.8. The molecule has 170 valence electrons. The molecule has 1 aromatic carbocycles. The number of pyridine rings is 2. The third kappa shape index (κ3) is 4.50. The quantitative estimate of drug-likeness (QED) is 0.437. The number of nitrogens with one attached hydrogen (secondary N) is 3. The van der Waals surface area contributed by atoms with E-state index in [0.717, 1.165) is 31.4 Å². The molecule has 2 aromatic heterocycles. The van der Waals surface area contributed by atoms with Crippen LogP contribution in [0.5, 0.6) is 5.75 Å². The summed E-state index contributed by atoms with van der Waals surface area (Å²) in [5, 5.41) is 0.530. The third-order valence-electron chi connectivity index (χ3n) is 5.88. The van der Waals surface area contributed by atoms with Gasteiger partial charge in [-0.05, 0) is 49.1 Å². The van der Waals surface area contributed by atoms with Crippen LogP contribution in [0.1, 0.15) is 34.3 Å². The van der Waals surface area contributed by atoms with E-state index in [4.69, 9.17) is 22.1 Å². The van der Waals surface area contributed by atoms with Gasteiger partial charge in [0.1, 0.15) is 18.1 Å². The molecule has 1 saturated heterocycles. The number of nitrogen functional groups attached to an aromatic ring is 1. The lowest BCUT2D eigenvalue weighted by molar-refractivity contribution is 0.0736. The summed E-state index contributed by atoms with van der Waals surface area (Å²) in [5.41, 5.74) is 17.5. The van der Waals surface area contributed by atoms with Gasteiger partial charge in [-0.2, -0.15) is 0 Å². The normalized spacial score (nSPS) is 16.8. The SMILES string of the molecule is Nc1cc(OCc2cc(C(=O)N3CCCC3Cc3cccnc3)ccc2Cl)c2c(n1)NNN2. The number of hydrazine groups is 2. The summed E-state index contributed by atoms with van der Waals surface area (Å²) in [4.78, 5) is 23.7. The summed E-state index contributed by atoms with van der Waals surface area (Å²) in [6, 6.07) is 11.1. The Morgan fingerprint density at radius 1 is 1.27 bits per heavy atom. The second-order valence-electron chi connectivity index (χ2n) is 8.10. The number of carbonyl (C=O) groups is 1. The zero-order valence-corrected chi connectivity index (χ0v) is 18.6. The fourth-order valence-electron chi connectivity index (χ4n) is 4.26. The molecule has 2 aliphatic heterocycles. The Labute approximate surface area is 196 Å². The fourth-order valence-corrected chi connectivity index (χ4v) is 4.44. The molecule has 1 amide bonds. The number of hydrogen-bond acceptors (Lipinski definition) is 8. The van der Waals surface area contributed by atoms with Crippen molar-refractivity contribution in [2.75, 3.05) is 23.1 Å². The lowest BCUT2D eigenvalue weighted by atomic mass is 10.0. The van der Waals surface area contributed by atoms with Gasteiger partial charge in [0.25, 0.3) is 5.91 Å². The van der Waals surface area contributed by atoms with E-state index in [1.54, 1.807) is 30.5 Å². The molecule has 1 atom stereocenters. The van der Waals surface area contributed by atoms with Crippen LogP contribution >= 0.6 is 11.6 Å². The van der Waals surface area contributed by atoms with Gasteiger partial charge in [-0.15, -0.1) is 5.53 Å². The molecule has 0 bridgehead atoms. The summed E-state index contributed by atoms with van der Waals surface area (Å²) in [5.74, 6) is 1.40. The Morgan fingerprint density at radius 3 is 3.03 bits per heavy atom. The van der Waals surface area contributed by atoms with Crippen molar-refractivity contribution in [3.05, 3.63) is 70.5 Å². The van der Waals surface area contributed by atoms with Crippen molar-refractivity contribution in [3.8, 4) is 5.75 Å². The first-order valence-corrected chi connectivity index (χ1v) is 11.1. The Morgan fingerprint density at radius 2 is 2.18 bits per heavy atom. The highest BCUT2D eigenvalue weighted by Crippen LogP contribution is 2.35. The second kappa shape index (κ2) is 9.13. The van der Waals surface area contributed by atoms with Gasteiger partial charge in [0.15, 0.2) is 11.6 Å². The highest BCUT2D eigenvalue weighted by Gasteiger charge is 2.30. The standard InChI is InChI=1S/C23H24ClN7O2/c24-18-6-5-15(23(32)31-8-2-4-17(31)9-14-3-1-7-26-12-14)10-16(18)13-33-19-11-20(25)27-22-21(19)28-30-29-22/h1,3,5-7,10-12,17,28,30H,2,4,8-9,13H2,(H3,25,27,29). The van der Waals surface area contributed by atoms with Crippen molar-refractivity contribution in [2.45, 2.75) is 31.9 Å². The van der Waals surface area contributed by atoms with Crippen LogP contribution in [0.15, 0.2) is 48.8 Å². The van der Waals surface area contributed by atoms with Gasteiger partial charge in [0.05, 0.1) is 0 Å². The predicted octanol–water partition coefficient (Wildman–Crippen LogP) is 3.40.